The standard InChI is InChI=1S/C16H18FN3O2/c1-3-4-7-18-15(21)14-9-13(19-16(22)20-14)11-8-10(2)5-6-12(11)17/h5-6,8-9H,3-4,7H2,1-2H3,(H,18,21)(H,19,20,22). The van der Waals surface area contributed by atoms with Gasteiger partial charge in [0.05, 0.1) is 5.69 Å². The normalized spacial score (nSPS) is 10.5. The molecule has 0 aliphatic carbocycles. The summed E-state index contributed by atoms with van der Waals surface area (Å²) in [4.78, 5) is 29.8. The molecule has 5 nitrogen and oxygen atoms in total. The van der Waals surface area contributed by atoms with E-state index >= 15 is 0 Å². The van der Waals surface area contributed by atoms with Crippen molar-refractivity contribution in [3.05, 3.63) is 51.8 Å². The first-order valence-electron chi connectivity index (χ1n) is 7.17. The van der Waals surface area contributed by atoms with Crippen LogP contribution in [0.25, 0.3) is 11.3 Å². The van der Waals surface area contributed by atoms with Crippen molar-refractivity contribution in [3.8, 4) is 11.3 Å². The van der Waals surface area contributed by atoms with Gasteiger partial charge in [-0.3, -0.25) is 4.79 Å². The summed E-state index contributed by atoms with van der Waals surface area (Å²) in [5.74, 6) is -0.886. The summed E-state index contributed by atoms with van der Waals surface area (Å²) in [6.07, 6.45) is 1.80. The van der Waals surface area contributed by atoms with Crippen LogP contribution in [0.5, 0.6) is 0 Å². The Kier molecular flexibility index (Phi) is 5.04. The van der Waals surface area contributed by atoms with Gasteiger partial charge in [-0.05, 0) is 31.5 Å². The van der Waals surface area contributed by atoms with Gasteiger partial charge in [-0.2, -0.15) is 4.98 Å². The van der Waals surface area contributed by atoms with Crippen molar-refractivity contribution in [1.82, 2.24) is 15.3 Å². The number of halogens is 1. The zero-order chi connectivity index (χ0) is 16.1. The second-order valence-electron chi connectivity index (χ2n) is 5.08. The largest absolute Gasteiger partial charge is 0.351 e. The molecule has 0 aliphatic heterocycles. The Morgan fingerprint density at radius 2 is 2.14 bits per heavy atom. The van der Waals surface area contributed by atoms with E-state index in [1.165, 1.54) is 12.1 Å². The molecule has 2 N–H and O–H groups in total. The fourth-order valence-corrected chi connectivity index (χ4v) is 2.03. The van der Waals surface area contributed by atoms with E-state index < -0.39 is 17.4 Å². The number of amides is 1. The number of aryl methyl sites for hydroxylation is 1. The number of aromatic nitrogens is 2. The minimum atomic E-state index is -0.681. The molecule has 0 saturated heterocycles. The third kappa shape index (κ3) is 3.78. The number of hydrogen-bond donors (Lipinski definition) is 2. The van der Waals surface area contributed by atoms with Gasteiger partial charge in [-0.1, -0.05) is 25.0 Å². The van der Waals surface area contributed by atoms with Crippen LogP contribution in [0.15, 0.2) is 29.1 Å². The molecular formula is C16H18FN3O2. The van der Waals surface area contributed by atoms with E-state index in [-0.39, 0.29) is 17.0 Å². The number of carbonyl (C=O) groups is 1. The minimum absolute atomic E-state index is 0.0759. The maximum absolute atomic E-state index is 13.9. The first-order chi connectivity index (χ1) is 10.5. The van der Waals surface area contributed by atoms with E-state index in [1.807, 2.05) is 13.8 Å². The third-order valence-electron chi connectivity index (χ3n) is 3.20. The zero-order valence-electron chi connectivity index (χ0n) is 12.6. The average Bonchev–Trinajstić information content (AvgIpc) is 2.49. The summed E-state index contributed by atoms with van der Waals surface area (Å²) < 4.78 is 13.9. The third-order valence-corrected chi connectivity index (χ3v) is 3.20. The molecule has 0 unspecified atom stereocenters. The van der Waals surface area contributed by atoms with Gasteiger partial charge in [-0.25, -0.2) is 9.18 Å². The molecule has 1 aromatic carbocycles. The van der Waals surface area contributed by atoms with Crippen molar-refractivity contribution < 1.29 is 9.18 Å². The van der Waals surface area contributed by atoms with E-state index in [2.05, 4.69) is 15.3 Å². The monoisotopic (exact) mass is 303 g/mol. The van der Waals surface area contributed by atoms with E-state index in [9.17, 15) is 14.0 Å². The highest BCUT2D eigenvalue weighted by Gasteiger charge is 2.13. The highest BCUT2D eigenvalue weighted by atomic mass is 19.1. The lowest BCUT2D eigenvalue weighted by Crippen LogP contribution is -2.28. The zero-order valence-corrected chi connectivity index (χ0v) is 12.6. The number of hydrogen-bond acceptors (Lipinski definition) is 3. The second-order valence-corrected chi connectivity index (χ2v) is 5.08. The SMILES string of the molecule is CCCCNC(=O)c1cc(-c2cc(C)ccc2F)nc(=O)[nH]1. The maximum atomic E-state index is 13.9. The number of rotatable bonds is 5. The molecule has 6 heteroatoms. The van der Waals surface area contributed by atoms with Gasteiger partial charge in [0.1, 0.15) is 11.5 Å². The molecule has 2 rings (SSSR count). The first-order valence-corrected chi connectivity index (χ1v) is 7.17. The Morgan fingerprint density at radius 1 is 1.36 bits per heavy atom. The lowest BCUT2D eigenvalue weighted by atomic mass is 10.1. The summed E-state index contributed by atoms with van der Waals surface area (Å²) in [7, 11) is 0. The van der Waals surface area contributed by atoms with Crippen molar-refractivity contribution in [1.29, 1.82) is 0 Å². The van der Waals surface area contributed by atoms with Gasteiger partial charge in [0.2, 0.25) is 0 Å². The summed E-state index contributed by atoms with van der Waals surface area (Å²) >= 11 is 0. The quantitative estimate of drug-likeness (QED) is 0.833. The lowest BCUT2D eigenvalue weighted by Gasteiger charge is -2.07. The van der Waals surface area contributed by atoms with Crippen LogP contribution in [-0.4, -0.2) is 22.4 Å². The smallest absolute Gasteiger partial charge is 0.346 e. The fraction of sp³-hybridized carbons (Fsp3) is 0.312. The minimum Gasteiger partial charge on any atom is -0.351 e. The van der Waals surface area contributed by atoms with Crippen LogP contribution in [0.1, 0.15) is 35.8 Å². The predicted molar refractivity (Wildman–Crippen MR) is 82.2 cm³/mol. The number of benzene rings is 1. The highest BCUT2D eigenvalue weighted by molar-refractivity contribution is 5.93. The number of nitrogens with one attached hydrogen (secondary N) is 2. The lowest BCUT2D eigenvalue weighted by molar-refractivity contribution is 0.0947. The number of unbranched alkanes of at least 4 members (excludes halogenated alkanes) is 1. The van der Waals surface area contributed by atoms with Crippen molar-refractivity contribution in [3.63, 3.8) is 0 Å². The van der Waals surface area contributed by atoms with E-state index in [0.29, 0.717) is 6.54 Å². The van der Waals surface area contributed by atoms with Gasteiger partial charge < -0.3 is 10.3 Å². The molecule has 1 amide bonds. The molecule has 0 spiro atoms. The highest BCUT2D eigenvalue weighted by Crippen LogP contribution is 2.21. The molecule has 0 aliphatic rings. The van der Waals surface area contributed by atoms with Gasteiger partial charge >= 0.3 is 5.69 Å². The number of H-pyrrole nitrogens is 1. The fourth-order valence-electron chi connectivity index (χ4n) is 2.03. The van der Waals surface area contributed by atoms with E-state index in [1.54, 1.807) is 12.1 Å². The first kappa shape index (κ1) is 15.9. The van der Waals surface area contributed by atoms with Crippen LogP contribution < -0.4 is 11.0 Å². The van der Waals surface area contributed by atoms with Gasteiger partial charge in [0, 0.05) is 12.1 Å². The molecule has 0 saturated carbocycles. The van der Waals surface area contributed by atoms with E-state index in [0.717, 1.165) is 18.4 Å². The van der Waals surface area contributed by atoms with Gasteiger partial charge in [-0.15, -0.1) is 0 Å². The molecule has 1 heterocycles. The van der Waals surface area contributed by atoms with Crippen LogP contribution in [0.4, 0.5) is 4.39 Å². The molecule has 1 aromatic heterocycles. The van der Waals surface area contributed by atoms with Crippen molar-refractivity contribution in [2.75, 3.05) is 6.54 Å². The summed E-state index contributed by atoms with van der Waals surface area (Å²) in [5.41, 5.74) is 0.581. The van der Waals surface area contributed by atoms with Crippen LogP contribution >= 0.6 is 0 Å². The summed E-state index contributed by atoms with van der Waals surface area (Å²) in [6.45, 7) is 4.35. The van der Waals surface area contributed by atoms with Crippen LogP contribution in [0.3, 0.4) is 0 Å². The van der Waals surface area contributed by atoms with Gasteiger partial charge in [0.15, 0.2) is 0 Å². The number of aromatic amines is 1. The topological polar surface area (TPSA) is 74.8 Å². The Bertz CT molecular complexity index is 740. The maximum Gasteiger partial charge on any atom is 0.346 e. The Morgan fingerprint density at radius 3 is 2.86 bits per heavy atom. The van der Waals surface area contributed by atoms with Crippen LogP contribution in [0.2, 0.25) is 0 Å². The molecule has 0 fully saturated rings. The summed E-state index contributed by atoms with van der Waals surface area (Å²) in [6, 6.07) is 5.93. The van der Waals surface area contributed by atoms with Gasteiger partial charge in [0.25, 0.3) is 5.91 Å². The van der Waals surface area contributed by atoms with Crippen LogP contribution in [0, 0.1) is 12.7 Å². The molecule has 0 bridgehead atoms. The molecule has 0 atom stereocenters. The Labute approximate surface area is 127 Å². The van der Waals surface area contributed by atoms with Crippen molar-refractivity contribution in [2.24, 2.45) is 0 Å². The molecule has 116 valence electrons. The average molecular weight is 303 g/mol. The summed E-state index contributed by atoms with van der Waals surface area (Å²) in [5, 5.41) is 2.70. The molecule has 0 radical (unpaired) electrons. The van der Waals surface area contributed by atoms with Crippen LogP contribution in [-0.2, 0) is 0 Å². The number of carbonyl (C=O) groups excluding carboxylic acids is 1. The molecule has 22 heavy (non-hydrogen) atoms. The molecule has 2 aromatic rings. The molecular weight excluding hydrogens is 285 g/mol. The predicted octanol–water partition coefficient (Wildman–Crippen LogP) is 2.41. The Balaban J connectivity index is 2.36. The number of nitrogens with zero attached hydrogens (tertiary/aromatic N) is 1. The van der Waals surface area contributed by atoms with Crippen molar-refractivity contribution in [2.45, 2.75) is 26.7 Å². The van der Waals surface area contributed by atoms with E-state index in [4.69, 9.17) is 0 Å². The Hall–Kier alpha value is -2.50. The van der Waals surface area contributed by atoms with Crippen molar-refractivity contribution >= 4 is 5.91 Å². The second kappa shape index (κ2) is 6.98.